The molecular weight excluding hydrogens is 641 g/mol. The van der Waals surface area contributed by atoms with Gasteiger partial charge in [-0.1, -0.05) is 121 Å². The maximum atomic E-state index is 6.99. The number of nitrogens with zero attached hydrogens (tertiary/aromatic N) is 4. The van der Waals surface area contributed by atoms with Gasteiger partial charge in [0.1, 0.15) is 22.3 Å². The molecule has 52 heavy (non-hydrogen) atoms. The van der Waals surface area contributed by atoms with Gasteiger partial charge >= 0.3 is 0 Å². The normalized spacial score (nSPS) is 11.8. The van der Waals surface area contributed by atoms with E-state index in [1.807, 2.05) is 91.0 Å². The van der Waals surface area contributed by atoms with Gasteiger partial charge in [0.2, 0.25) is 0 Å². The number of hydrogen-bond acceptors (Lipinski definition) is 6. The van der Waals surface area contributed by atoms with E-state index >= 15 is 0 Å². The average Bonchev–Trinajstić information content (AvgIpc) is 3.79. The lowest BCUT2D eigenvalue weighted by Gasteiger charge is -2.10. The number of rotatable bonds is 4. The first-order valence-corrected chi connectivity index (χ1v) is 17.2. The summed E-state index contributed by atoms with van der Waals surface area (Å²) in [5.74, 6) is 1.65. The molecule has 0 radical (unpaired) electrons. The van der Waals surface area contributed by atoms with Gasteiger partial charge in [-0.15, -0.1) is 0 Å². The molecule has 6 nitrogen and oxygen atoms in total. The van der Waals surface area contributed by atoms with Crippen LogP contribution in [0.1, 0.15) is 0 Å². The van der Waals surface area contributed by atoms with Crippen molar-refractivity contribution in [2.24, 2.45) is 0 Å². The number of benzene rings is 7. The minimum Gasteiger partial charge on any atom is -0.456 e. The first kappa shape index (κ1) is 28.6. The van der Waals surface area contributed by atoms with Crippen LogP contribution in [0, 0.1) is 0 Å². The minimum absolute atomic E-state index is 0.527. The monoisotopic (exact) mass is 666 g/mol. The van der Waals surface area contributed by atoms with Gasteiger partial charge in [0.15, 0.2) is 17.5 Å². The molecule has 0 aliphatic carbocycles. The highest BCUT2D eigenvalue weighted by Gasteiger charge is 2.21. The van der Waals surface area contributed by atoms with Crippen LogP contribution in [0.4, 0.5) is 0 Å². The first-order valence-electron chi connectivity index (χ1n) is 17.2. The molecule has 11 rings (SSSR count). The minimum atomic E-state index is 0.527. The second-order valence-electron chi connectivity index (χ2n) is 13.0. The topological polar surface area (TPSA) is 77.8 Å². The molecule has 11 aromatic rings. The average molecular weight is 667 g/mol. The first-order chi connectivity index (χ1) is 25.8. The Hall–Kier alpha value is -7.18. The lowest BCUT2D eigenvalue weighted by atomic mass is 9.97. The Bertz CT molecular complexity index is 3180. The second-order valence-corrected chi connectivity index (χ2v) is 13.0. The van der Waals surface area contributed by atoms with Gasteiger partial charge < -0.3 is 8.83 Å². The highest BCUT2D eigenvalue weighted by molar-refractivity contribution is 6.25. The molecule has 0 fully saturated rings. The molecule has 4 heterocycles. The van der Waals surface area contributed by atoms with Gasteiger partial charge in [0, 0.05) is 54.4 Å². The molecule has 0 saturated heterocycles. The smallest absolute Gasteiger partial charge is 0.167 e. The molecular formula is C46H26N4O2. The zero-order chi connectivity index (χ0) is 34.2. The summed E-state index contributed by atoms with van der Waals surface area (Å²) in [7, 11) is 0. The third-order valence-corrected chi connectivity index (χ3v) is 9.92. The fraction of sp³-hybridized carbons (Fsp3) is 0. The zero-order valence-corrected chi connectivity index (χ0v) is 27.6. The fourth-order valence-corrected chi connectivity index (χ4v) is 7.49. The predicted molar refractivity (Wildman–Crippen MR) is 209 cm³/mol. The van der Waals surface area contributed by atoms with Crippen molar-refractivity contribution in [1.29, 1.82) is 0 Å². The second kappa shape index (κ2) is 11.2. The Labute approximate surface area is 296 Å². The fourth-order valence-electron chi connectivity index (χ4n) is 7.49. The van der Waals surface area contributed by atoms with Crippen LogP contribution in [0.2, 0.25) is 0 Å². The van der Waals surface area contributed by atoms with E-state index in [2.05, 4.69) is 66.7 Å². The third kappa shape index (κ3) is 4.38. The lowest BCUT2D eigenvalue weighted by Crippen LogP contribution is -2.00. The molecule has 0 amide bonds. The number of hydrogen-bond donors (Lipinski definition) is 0. The molecule has 0 aliphatic heterocycles. The third-order valence-electron chi connectivity index (χ3n) is 9.92. The Kier molecular flexibility index (Phi) is 6.15. The number of pyridine rings is 1. The summed E-state index contributed by atoms with van der Waals surface area (Å²) in [4.78, 5) is 20.3. The summed E-state index contributed by atoms with van der Waals surface area (Å²) in [6.45, 7) is 0. The molecule has 0 aliphatic rings. The van der Waals surface area contributed by atoms with Gasteiger partial charge in [0.05, 0.1) is 16.8 Å². The molecule has 242 valence electrons. The Morgan fingerprint density at radius 2 is 0.962 bits per heavy atom. The summed E-state index contributed by atoms with van der Waals surface area (Å²) >= 11 is 0. The number of para-hydroxylation sites is 3. The molecule has 0 atom stereocenters. The van der Waals surface area contributed by atoms with E-state index in [-0.39, 0.29) is 0 Å². The summed E-state index contributed by atoms with van der Waals surface area (Å²) in [6, 6.07) is 53.3. The summed E-state index contributed by atoms with van der Waals surface area (Å²) < 4.78 is 13.2. The Morgan fingerprint density at radius 3 is 1.81 bits per heavy atom. The van der Waals surface area contributed by atoms with Crippen LogP contribution in [-0.2, 0) is 0 Å². The molecule has 0 bridgehead atoms. The van der Waals surface area contributed by atoms with Gasteiger partial charge in [-0.25, -0.2) is 19.9 Å². The summed E-state index contributed by atoms with van der Waals surface area (Å²) in [5.41, 5.74) is 8.57. The van der Waals surface area contributed by atoms with Crippen LogP contribution in [0.25, 0.3) is 111 Å². The summed E-state index contributed by atoms with van der Waals surface area (Å²) in [6.07, 6.45) is 0. The van der Waals surface area contributed by atoms with Crippen molar-refractivity contribution in [3.05, 3.63) is 158 Å². The standard InChI is InChI=1S/C46H26N4O2/c1-3-12-27(13-4-1)41-35-25-24-33-32-18-11-19-36(42(32)52-43(33)40(35)34-17-7-9-20-37(34)47-41)46-49-44(28-14-5-2-6-15-28)48-45(50-46)29-22-23-31-30-16-8-10-21-38(30)51-39(31)26-29/h1-26H. The quantitative estimate of drug-likeness (QED) is 0.174. The van der Waals surface area contributed by atoms with Crippen LogP contribution in [-0.4, -0.2) is 19.9 Å². The highest BCUT2D eigenvalue weighted by atomic mass is 16.3. The van der Waals surface area contributed by atoms with Crippen LogP contribution in [0.5, 0.6) is 0 Å². The molecule has 4 aromatic heterocycles. The molecule has 7 aromatic carbocycles. The molecule has 0 N–H and O–H groups in total. The highest BCUT2D eigenvalue weighted by Crippen LogP contribution is 2.43. The van der Waals surface area contributed by atoms with E-state index < -0.39 is 0 Å². The van der Waals surface area contributed by atoms with Gasteiger partial charge in [-0.05, 0) is 36.4 Å². The Morgan fingerprint density at radius 1 is 0.346 bits per heavy atom. The van der Waals surface area contributed by atoms with Crippen molar-refractivity contribution in [3.63, 3.8) is 0 Å². The molecule has 0 spiro atoms. The largest absolute Gasteiger partial charge is 0.456 e. The van der Waals surface area contributed by atoms with Crippen molar-refractivity contribution in [1.82, 2.24) is 19.9 Å². The molecule has 6 heteroatoms. The van der Waals surface area contributed by atoms with E-state index in [4.69, 9.17) is 28.8 Å². The van der Waals surface area contributed by atoms with E-state index in [1.54, 1.807) is 0 Å². The number of furan rings is 2. The van der Waals surface area contributed by atoms with E-state index in [0.29, 0.717) is 17.5 Å². The van der Waals surface area contributed by atoms with Gasteiger partial charge in [0.25, 0.3) is 0 Å². The van der Waals surface area contributed by atoms with Crippen LogP contribution >= 0.6 is 0 Å². The maximum absolute atomic E-state index is 6.99. The Balaban J connectivity index is 1.17. The van der Waals surface area contributed by atoms with Crippen molar-refractivity contribution in [3.8, 4) is 45.4 Å². The molecule has 0 unspecified atom stereocenters. The maximum Gasteiger partial charge on any atom is 0.167 e. The predicted octanol–water partition coefficient (Wildman–Crippen LogP) is 12.0. The molecule has 0 saturated carbocycles. The number of fused-ring (bicyclic) bond motifs is 10. The zero-order valence-electron chi connectivity index (χ0n) is 27.6. The van der Waals surface area contributed by atoms with E-state index in [1.165, 1.54) is 0 Å². The van der Waals surface area contributed by atoms with Crippen molar-refractivity contribution in [2.75, 3.05) is 0 Å². The lowest BCUT2D eigenvalue weighted by molar-refractivity contribution is 0.669. The summed E-state index contributed by atoms with van der Waals surface area (Å²) in [5, 5.41) is 7.25. The van der Waals surface area contributed by atoms with E-state index in [0.717, 1.165) is 93.5 Å². The van der Waals surface area contributed by atoms with Crippen LogP contribution in [0.3, 0.4) is 0 Å². The van der Waals surface area contributed by atoms with Gasteiger partial charge in [-0.3, -0.25) is 0 Å². The van der Waals surface area contributed by atoms with Crippen molar-refractivity contribution >= 4 is 65.6 Å². The van der Waals surface area contributed by atoms with Crippen molar-refractivity contribution < 1.29 is 8.83 Å². The number of aromatic nitrogens is 4. The SMILES string of the molecule is c1ccc(-c2nc(-c3ccc4c(c3)oc3ccccc34)nc(-c3cccc4c3oc3c4ccc4c(-c5ccccc5)nc5ccccc5c43)n2)cc1. The van der Waals surface area contributed by atoms with Crippen LogP contribution in [0.15, 0.2) is 167 Å². The van der Waals surface area contributed by atoms with Crippen molar-refractivity contribution in [2.45, 2.75) is 0 Å². The van der Waals surface area contributed by atoms with Gasteiger partial charge in [-0.2, -0.15) is 0 Å². The van der Waals surface area contributed by atoms with Crippen LogP contribution < -0.4 is 0 Å². The van der Waals surface area contributed by atoms with E-state index in [9.17, 15) is 0 Å².